The zero-order valence-electron chi connectivity index (χ0n) is 8.15. The normalized spacial score (nSPS) is 9.57. The highest BCUT2D eigenvalue weighted by atomic mass is 16.2. The first-order valence-electron chi connectivity index (χ1n) is 4.16. The predicted molar refractivity (Wildman–Crippen MR) is 56.2 cm³/mol. The molecule has 0 saturated heterocycles. The van der Waals surface area contributed by atoms with E-state index in [4.69, 9.17) is 5.73 Å². The lowest BCUT2D eigenvalue weighted by Gasteiger charge is -2.12. The number of amides is 1. The van der Waals surface area contributed by atoms with Crippen LogP contribution < -0.4 is 16.1 Å². The standard InChI is InChI=1S/C10H12N2O2/c1-7(13)12(2)8-3-5-9(11)10(14)6-4-8/h3-6H,1-2H3,(H2,11,14). The second kappa shape index (κ2) is 3.91. The molecule has 14 heavy (non-hydrogen) atoms. The van der Waals surface area contributed by atoms with Crippen molar-refractivity contribution in [3.8, 4) is 0 Å². The third-order valence-corrected chi connectivity index (χ3v) is 1.98. The minimum absolute atomic E-state index is 0.0952. The zero-order valence-corrected chi connectivity index (χ0v) is 8.15. The van der Waals surface area contributed by atoms with Crippen LogP contribution in [-0.4, -0.2) is 13.0 Å². The largest absolute Gasteiger partial charge is 0.396 e. The minimum Gasteiger partial charge on any atom is -0.396 e. The average molecular weight is 192 g/mol. The third kappa shape index (κ3) is 2.10. The van der Waals surface area contributed by atoms with E-state index in [9.17, 15) is 9.59 Å². The first kappa shape index (κ1) is 10.2. The first-order valence-corrected chi connectivity index (χ1v) is 4.16. The van der Waals surface area contributed by atoms with Crippen molar-refractivity contribution in [3.63, 3.8) is 0 Å². The Morgan fingerprint density at radius 1 is 1.29 bits per heavy atom. The van der Waals surface area contributed by atoms with E-state index in [2.05, 4.69) is 0 Å². The molecule has 4 nitrogen and oxygen atoms in total. The van der Waals surface area contributed by atoms with Gasteiger partial charge in [-0.05, 0) is 24.3 Å². The van der Waals surface area contributed by atoms with E-state index in [1.54, 1.807) is 19.2 Å². The average Bonchev–Trinajstić information content (AvgIpc) is 2.30. The summed E-state index contributed by atoms with van der Waals surface area (Å²) in [6, 6.07) is 6.06. The Balaban J connectivity index is 3.21. The van der Waals surface area contributed by atoms with Crippen LogP contribution in [0, 0.1) is 0 Å². The molecule has 0 aromatic heterocycles. The number of nitrogens with zero attached hydrogens (tertiary/aromatic N) is 1. The molecule has 2 N–H and O–H groups in total. The molecular weight excluding hydrogens is 180 g/mol. The Bertz CT molecular complexity index is 415. The molecule has 0 atom stereocenters. The Morgan fingerprint density at radius 3 is 2.43 bits per heavy atom. The van der Waals surface area contributed by atoms with Crippen LogP contribution in [0.25, 0.3) is 0 Å². The Kier molecular flexibility index (Phi) is 2.86. The molecule has 0 heterocycles. The van der Waals surface area contributed by atoms with Gasteiger partial charge in [0.05, 0.1) is 5.69 Å². The number of nitrogens with two attached hydrogens (primary N) is 1. The maximum Gasteiger partial charge on any atom is 0.223 e. The summed E-state index contributed by atoms with van der Waals surface area (Å²) in [4.78, 5) is 23.6. The highest BCUT2D eigenvalue weighted by Crippen LogP contribution is 2.10. The van der Waals surface area contributed by atoms with E-state index in [-0.39, 0.29) is 17.0 Å². The summed E-state index contributed by atoms with van der Waals surface area (Å²) in [6.45, 7) is 1.45. The lowest BCUT2D eigenvalue weighted by Crippen LogP contribution is -2.22. The quantitative estimate of drug-likeness (QED) is 0.709. The van der Waals surface area contributed by atoms with E-state index >= 15 is 0 Å². The molecular formula is C10H12N2O2. The molecule has 1 rings (SSSR count). The summed E-state index contributed by atoms with van der Waals surface area (Å²) >= 11 is 0. The van der Waals surface area contributed by atoms with E-state index in [1.165, 1.54) is 24.0 Å². The van der Waals surface area contributed by atoms with Crippen LogP contribution in [0.15, 0.2) is 29.1 Å². The van der Waals surface area contributed by atoms with Gasteiger partial charge in [0, 0.05) is 19.7 Å². The van der Waals surface area contributed by atoms with Gasteiger partial charge in [0.15, 0.2) is 0 Å². The third-order valence-electron chi connectivity index (χ3n) is 1.98. The molecule has 0 unspecified atom stereocenters. The van der Waals surface area contributed by atoms with Crippen molar-refractivity contribution in [3.05, 3.63) is 34.5 Å². The predicted octanol–water partition coefficient (Wildman–Crippen LogP) is 0.612. The van der Waals surface area contributed by atoms with Gasteiger partial charge in [-0.15, -0.1) is 0 Å². The second-order valence-electron chi connectivity index (χ2n) is 2.99. The van der Waals surface area contributed by atoms with E-state index in [0.29, 0.717) is 5.69 Å². The molecule has 74 valence electrons. The molecule has 0 fully saturated rings. The van der Waals surface area contributed by atoms with Crippen molar-refractivity contribution >= 4 is 17.3 Å². The van der Waals surface area contributed by atoms with E-state index in [0.717, 1.165) is 0 Å². The van der Waals surface area contributed by atoms with Crippen LogP contribution >= 0.6 is 0 Å². The van der Waals surface area contributed by atoms with Crippen molar-refractivity contribution in [2.24, 2.45) is 0 Å². The van der Waals surface area contributed by atoms with Gasteiger partial charge in [-0.25, -0.2) is 0 Å². The van der Waals surface area contributed by atoms with Gasteiger partial charge in [0.2, 0.25) is 11.3 Å². The maximum absolute atomic E-state index is 11.1. The van der Waals surface area contributed by atoms with E-state index < -0.39 is 0 Å². The van der Waals surface area contributed by atoms with Crippen LogP contribution in [0.4, 0.5) is 11.4 Å². The molecule has 1 aromatic rings. The molecule has 0 bridgehead atoms. The van der Waals surface area contributed by atoms with Crippen LogP contribution in [-0.2, 0) is 4.79 Å². The summed E-state index contributed by atoms with van der Waals surface area (Å²) in [5.41, 5.74) is 6.01. The van der Waals surface area contributed by atoms with Crippen LogP contribution in [0.2, 0.25) is 0 Å². The van der Waals surface area contributed by atoms with Gasteiger partial charge in [-0.1, -0.05) is 0 Å². The number of hydrogen-bond donors (Lipinski definition) is 1. The van der Waals surface area contributed by atoms with Crippen LogP contribution in [0.3, 0.4) is 0 Å². The second-order valence-corrected chi connectivity index (χ2v) is 2.99. The molecule has 4 heteroatoms. The fourth-order valence-corrected chi connectivity index (χ4v) is 0.976. The Hall–Kier alpha value is -1.84. The SMILES string of the molecule is CC(=O)N(C)c1ccc(N)c(=O)cc1. The van der Waals surface area contributed by atoms with Gasteiger partial charge in [-0.3, -0.25) is 9.59 Å². The minimum atomic E-state index is -0.242. The number of anilines is 2. The summed E-state index contributed by atoms with van der Waals surface area (Å²) < 4.78 is 0. The van der Waals surface area contributed by atoms with Crippen molar-refractivity contribution in [2.75, 3.05) is 17.7 Å². The smallest absolute Gasteiger partial charge is 0.223 e. The van der Waals surface area contributed by atoms with Crippen LogP contribution in [0.5, 0.6) is 0 Å². The number of carbonyl (C=O) groups excluding carboxylic acids is 1. The van der Waals surface area contributed by atoms with Gasteiger partial charge in [0.25, 0.3) is 0 Å². The monoisotopic (exact) mass is 192 g/mol. The summed E-state index contributed by atoms with van der Waals surface area (Å²) in [5.74, 6) is -0.0952. The molecule has 1 aromatic carbocycles. The zero-order chi connectivity index (χ0) is 10.7. The van der Waals surface area contributed by atoms with Gasteiger partial charge >= 0.3 is 0 Å². The summed E-state index contributed by atoms with van der Waals surface area (Å²) in [7, 11) is 1.64. The molecule has 1 amide bonds. The van der Waals surface area contributed by atoms with E-state index in [1.807, 2.05) is 0 Å². The summed E-state index contributed by atoms with van der Waals surface area (Å²) in [5, 5.41) is 0. The number of nitrogen functional groups attached to an aromatic ring is 1. The molecule has 0 aliphatic heterocycles. The molecule has 0 spiro atoms. The number of hydrogen-bond acceptors (Lipinski definition) is 3. The fraction of sp³-hybridized carbons (Fsp3) is 0.200. The van der Waals surface area contributed by atoms with Gasteiger partial charge in [-0.2, -0.15) is 0 Å². The maximum atomic E-state index is 11.1. The fourth-order valence-electron chi connectivity index (χ4n) is 0.976. The van der Waals surface area contributed by atoms with Gasteiger partial charge in [0.1, 0.15) is 0 Å². The van der Waals surface area contributed by atoms with Gasteiger partial charge < -0.3 is 10.6 Å². The number of rotatable bonds is 1. The van der Waals surface area contributed by atoms with Crippen molar-refractivity contribution in [1.82, 2.24) is 0 Å². The van der Waals surface area contributed by atoms with Crippen molar-refractivity contribution in [2.45, 2.75) is 6.92 Å². The number of carbonyl (C=O) groups is 1. The van der Waals surface area contributed by atoms with Crippen LogP contribution in [0.1, 0.15) is 6.92 Å². The topological polar surface area (TPSA) is 63.4 Å². The lowest BCUT2D eigenvalue weighted by molar-refractivity contribution is -0.116. The molecule has 0 aliphatic rings. The van der Waals surface area contributed by atoms with Crippen molar-refractivity contribution in [1.29, 1.82) is 0 Å². The van der Waals surface area contributed by atoms with Crippen molar-refractivity contribution < 1.29 is 4.79 Å². The Labute approximate surface area is 82.0 Å². The highest BCUT2D eigenvalue weighted by Gasteiger charge is 2.03. The molecule has 0 aliphatic carbocycles. The highest BCUT2D eigenvalue weighted by molar-refractivity contribution is 5.90. The first-order chi connectivity index (χ1) is 6.52. The molecule has 0 radical (unpaired) electrons. The Morgan fingerprint density at radius 2 is 1.86 bits per heavy atom. The molecule has 0 saturated carbocycles. The lowest BCUT2D eigenvalue weighted by atomic mass is 10.4. The summed E-state index contributed by atoms with van der Waals surface area (Å²) in [6.07, 6.45) is 0.